The molecule has 15 nitrogen and oxygen atoms in total. The minimum absolute atomic E-state index is 0.0480. The Kier molecular flexibility index (Phi) is 8.08. The third kappa shape index (κ3) is 5.89. The molecule has 0 saturated carbocycles. The second kappa shape index (κ2) is 11.2. The number of amides is 1. The Morgan fingerprint density at radius 1 is 1.14 bits per heavy atom. The standard InChI is InChI=1S/C21H25N9O6/c1-10(14-9-25-17-16(26-14)19(33)29-21(22)28-17)30(2)12-5-3-11(4-6-12)18(32)27-13(20(34)36-24)7-8-15(31)35-23/h3-6,9-10,13H,7-8,23-24H2,1-2H3,(H,27,32)(H3,22,25,28,29,33)/t10?,13-/m0/s1. The van der Waals surface area contributed by atoms with Gasteiger partial charge in [0.05, 0.1) is 17.9 Å². The number of hydrogen-bond donors (Lipinski definition) is 5. The lowest BCUT2D eigenvalue weighted by molar-refractivity contribution is -0.148. The number of carbonyl (C=O) groups is 3. The second-order valence-corrected chi connectivity index (χ2v) is 7.74. The summed E-state index contributed by atoms with van der Waals surface area (Å²) in [6.07, 6.45) is 1.16. The lowest BCUT2D eigenvalue weighted by atomic mass is 10.1. The van der Waals surface area contributed by atoms with Gasteiger partial charge in [-0.3, -0.25) is 19.4 Å². The van der Waals surface area contributed by atoms with Gasteiger partial charge in [-0.25, -0.2) is 14.8 Å². The molecule has 2 atom stereocenters. The molecule has 0 fully saturated rings. The van der Waals surface area contributed by atoms with Crippen molar-refractivity contribution in [3.63, 3.8) is 0 Å². The number of nitrogens with one attached hydrogen (secondary N) is 2. The summed E-state index contributed by atoms with van der Waals surface area (Å²) in [5, 5.41) is 2.47. The maximum absolute atomic E-state index is 12.6. The smallest absolute Gasteiger partial charge is 0.347 e. The van der Waals surface area contributed by atoms with E-state index in [2.05, 4.69) is 34.9 Å². The molecule has 3 aromatic rings. The molecule has 0 spiro atoms. The SMILES string of the molecule is CC(c1cnc2nc(N)[nH]c(=O)c2n1)N(C)c1ccc(C(=O)N[C@@H](CCC(=O)ON)C(=O)ON)cc1. The molecule has 0 aliphatic heterocycles. The van der Waals surface area contributed by atoms with Gasteiger partial charge in [-0.1, -0.05) is 0 Å². The number of anilines is 2. The monoisotopic (exact) mass is 499 g/mol. The molecule has 2 heterocycles. The van der Waals surface area contributed by atoms with E-state index in [1.54, 1.807) is 31.3 Å². The van der Waals surface area contributed by atoms with Crippen LogP contribution in [0.4, 0.5) is 11.6 Å². The van der Waals surface area contributed by atoms with Gasteiger partial charge >= 0.3 is 11.9 Å². The summed E-state index contributed by atoms with van der Waals surface area (Å²) in [7, 11) is 1.81. The third-order valence-electron chi connectivity index (χ3n) is 5.48. The number of nitrogens with two attached hydrogens (primary N) is 3. The van der Waals surface area contributed by atoms with Crippen LogP contribution >= 0.6 is 0 Å². The summed E-state index contributed by atoms with van der Waals surface area (Å²) in [5.74, 6) is 7.38. The number of H-pyrrole nitrogens is 1. The first-order chi connectivity index (χ1) is 17.1. The van der Waals surface area contributed by atoms with E-state index in [-0.39, 0.29) is 41.6 Å². The van der Waals surface area contributed by atoms with Gasteiger partial charge in [0, 0.05) is 24.7 Å². The van der Waals surface area contributed by atoms with E-state index < -0.39 is 29.4 Å². The Morgan fingerprint density at radius 3 is 2.47 bits per heavy atom. The first kappa shape index (κ1) is 26.0. The quantitative estimate of drug-likeness (QED) is 0.227. The summed E-state index contributed by atoms with van der Waals surface area (Å²) >= 11 is 0. The van der Waals surface area contributed by atoms with E-state index >= 15 is 0 Å². The fraction of sp³-hybridized carbons (Fsp3) is 0.286. The number of nitrogens with zero attached hydrogens (tertiary/aromatic N) is 4. The zero-order valence-corrected chi connectivity index (χ0v) is 19.4. The van der Waals surface area contributed by atoms with Gasteiger partial charge in [0.1, 0.15) is 6.04 Å². The number of rotatable bonds is 9. The molecule has 8 N–H and O–H groups in total. The Hall–Kier alpha value is -4.63. The van der Waals surface area contributed by atoms with Crippen molar-refractivity contribution in [2.45, 2.75) is 31.8 Å². The molecule has 1 unspecified atom stereocenters. The molecule has 0 bridgehead atoms. The van der Waals surface area contributed by atoms with Crippen LogP contribution in [0.1, 0.15) is 41.9 Å². The van der Waals surface area contributed by atoms with Crippen molar-refractivity contribution in [1.82, 2.24) is 25.3 Å². The molecule has 15 heteroatoms. The van der Waals surface area contributed by atoms with Crippen LogP contribution < -0.4 is 33.3 Å². The number of aromatic amines is 1. The lowest BCUT2D eigenvalue weighted by Crippen LogP contribution is -2.43. The molecule has 0 saturated heterocycles. The molecule has 0 aliphatic rings. The van der Waals surface area contributed by atoms with Crippen molar-refractivity contribution in [2.24, 2.45) is 11.8 Å². The van der Waals surface area contributed by atoms with E-state index in [1.165, 1.54) is 6.20 Å². The van der Waals surface area contributed by atoms with Gasteiger partial charge in [0.2, 0.25) is 5.95 Å². The predicted octanol–water partition coefficient (Wildman–Crippen LogP) is -0.795. The van der Waals surface area contributed by atoms with E-state index in [0.717, 1.165) is 5.69 Å². The number of carbonyl (C=O) groups excluding carboxylic acids is 3. The fourth-order valence-electron chi connectivity index (χ4n) is 3.31. The maximum atomic E-state index is 12.6. The summed E-state index contributed by atoms with van der Waals surface area (Å²) < 4.78 is 0. The number of aromatic nitrogens is 4. The molecule has 2 aromatic heterocycles. The summed E-state index contributed by atoms with van der Waals surface area (Å²) in [6.45, 7) is 1.87. The largest absolute Gasteiger partial charge is 0.373 e. The molecule has 1 aromatic carbocycles. The first-order valence-corrected chi connectivity index (χ1v) is 10.6. The fourth-order valence-corrected chi connectivity index (χ4v) is 3.31. The molecular weight excluding hydrogens is 474 g/mol. The van der Waals surface area contributed by atoms with Crippen molar-refractivity contribution in [3.8, 4) is 0 Å². The van der Waals surface area contributed by atoms with E-state index in [1.807, 2.05) is 11.8 Å². The minimum Gasteiger partial charge on any atom is -0.373 e. The Bertz CT molecular complexity index is 1330. The van der Waals surface area contributed by atoms with E-state index in [0.29, 0.717) is 5.69 Å². The Balaban J connectivity index is 1.73. The summed E-state index contributed by atoms with van der Waals surface area (Å²) in [6, 6.07) is 5.01. The number of nitrogen functional groups attached to an aromatic ring is 1. The molecule has 3 rings (SSSR count). The molecule has 1 amide bonds. The maximum Gasteiger partial charge on any atom is 0.347 e. The van der Waals surface area contributed by atoms with E-state index in [9.17, 15) is 19.2 Å². The van der Waals surface area contributed by atoms with Crippen molar-refractivity contribution >= 4 is 40.6 Å². The van der Waals surface area contributed by atoms with Crippen LogP contribution in [0.3, 0.4) is 0 Å². The number of hydrogen-bond acceptors (Lipinski definition) is 13. The van der Waals surface area contributed by atoms with Crippen LogP contribution in [0.15, 0.2) is 35.3 Å². The summed E-state index contributed by atoms with van der Waals surface area (Å²) in [5.41, 5.74) is 6.75. The van der Waals surface area contributed by atoms with Gasteiger partial charge in [0.25, 0.3) is 11.5 Å². The molecule has 36 heavy (non-hydrogen) atoms. The van der Waals surface area contributed by atoms with Crippen molar-refractivity contribution in [1.29, 1.82) is 0 Å². The van der Waals surface area contributed by atoms with Gasteiger partial charge in [-0.15, -0.1) is 0 Å². The van der Waals surface area contributed by atoms with E-state index in [4.69, 9.17) is 17.5 Å². The highest BCUT2D eigenvalue weighted by molar-refractivity contribution is 5.97. The molecule has 0 radical (unpaired) electrons. The minimum atomic E-state index is -1.18. The third-order valence-corrected chi connectivity index (χ3v) is 5.48. The van der Waals surface area contributed by atoms with Crippen molar-refractivity contribution in [2.75, 3.05) is 17.7 Å². The number of fused-ring (bicyclic) bond motifs is 1. The predicted molar refractivity (Wildman–Crippen MR) is 127 cm³/mol. The van der Waals surface area contributed by atoms with Gasteiger partial charge in [-0.05, 0) is 37.6 Å². The molecule has 190 valence electrons. The molecular formula is C21H25N9O6. The normalized spacial score (nSPS) is 12.4. The highest BCUT2D eigenvalue weighted by Crippen LogP contribution is 2.24. The van der Waals surface area contributed by atoms with Gasteiger partial charge in [-0.2, -0.15) is 16.8 Å². The van der Waals surface area contributed by atoms with Crippen LogP contribution in [-0.4, -0.2) is 50.9 Å². The highest BCUT2D eigenvalue weighted by atomic mass is 16.7. The van der Waals surface area contributed by atoms with Gasteiger partial charge < -0.3 is 25.6 Å². The summed E-state index contributed by atoms with van der Waals surface area (Å²) in [4.78, 5) is 72.9. The Morgan fingerprint density at radius 2 is 1.83 bits per heavy atom. The highest BCUT2D eigenvalue weighted by Gasteiger charge is 2.24. The average Bonchev–Trinajstić information content (AvgIpc) is 2.89. The van der Waals surface area contributed by atoms with Crippen LogP contribution in [0.2, 0.25) is 0 Å². The van der Waals surface area contributed by atoms with Crippen LogP contribution in [0.25, 0.3) is 11.2 Å². The average molecular weight is 499 g/mol. The topological polar surface area (TPSA) is 235 Å². The second-order valence-electron chi connectivity index (χ2n) is 7.74. The number of benzene rings is 1. The van der Waals surface area contributed by atoms with Crippen molar-refractivity contribution < 1.29 is 24.1 Å². The van der Waals surface area contributed by atoms with Crippen LogP contribution in [0, 0.1) is 0 Å². The first-order valence-electron chi connectivity index (χ1n) is 10.6. The Labute approximate surface area is 203 Å². The van der Waals surface area contributed by atoms with Gasteiger partial charge in [0.15, 0.2) is 11.2 Å². The van der Waals surface area contributed by atoms with Crippen LogP contribution in [0.5, 0.6) is 0 Å². The molecule has 0 aliphatic carbocycles. The zero-order valence-electron chi connectivity index (χ0n) is 19.4. The van der Waals surface area contributed by atoms with Crippen LogP contribution in [-0.2, 0) is 19.3 Å². The lowest BCUT2D eigenvalue weighted by Gasteiger charge is -2.26. The zero-order chi connectivity index (χ0) is 26.4. The van der Waals surface area contributed by atoms with Crippen molar-refractivity contribution in [3.05, 3.63) is 52.1 Å².